The van der Waals surface area contributed by atoms with Gasteiger partial charge in [0.25, 0.3) is 5.56 Å². The van der Waals surface area contributed by atoms with Gasteiger partial charge in [-0.3, -0.25) is 9.36 Å². The summed E-state index contributed by atoms with van der Waals surface area (Å²) < 4.78 is 1.58. The highest BCUT2D eigenvalue weighted by Gasteiger charge is 2.16. The molecule has 0 spiro atoms. The van der Waals surface area contributed by atoms with Crippen molar-refractivity contribution >= 4 is 11.6 Å². The number of aromatic nitrogens is 2. The lowest BCUT2D eigenvalue weighted by atomic mass is 10.1. The fraction of sp³-hybridized carbons (Fsp3) is 0.667. The molecule has 4 nitrogen and oxygen atoms in total. The van der Waals surface area contributed by atoms with Gasteiger partial charge in [0.05, 0.1) is 5.60 Å². The molecule has 0 aliphatic heterocycles. The van der Waals surface area contributed by atoms with Crippen molar-refractivity contribution in [2.45, 2.75) is 52.2 Å². The van der Waals surface area contributed by atoms with Gasteiger partial charge in [0, 0.05) is 18.5 Å². The van der Waals surface area contributed by atoms with Crippen LogP contribution in [0.5, 0.6) is 0 Å². The molecule has 0 amide bonds. The second-order valence-corrected chi connectivity index (χ2v) is 5.53. The third-order valence-electron chi connectivity index (χ3n) is 2.47. The van der Waals surface area contributed by atoms with Gasteiger partial charge in [0.2, 0.25) is 0 Å². The summed E-state index contributed by atoms with van der Waals surface area (Å²) in [5, 5.41) is 9.91. The van der Waals surface area contributed by atoms with Gasteiger partial charge in [-0.15, -0.1) is 0 Å². The van der Waals surface area contributed by atoms with Crippen molar-refractivity contribution in [3.63, 3.8) is 0 Å². The van der Waals surface area contributed by atoms with E-state index in [1.165, 1.54) is 6.07 Å². The quantitative estimate of drug-likeness (QED) is 0.843. The van der Waals surface area contributed by atoms with Crippen LogP contribution in [0.25, 0.3) is 0 Å². The van der Waals surface area contributed by atoms with E-state index in [-0.39, 0.29) is 16.6 Å². The molecular formula is C12H19ClN2O2. The number of hydrogen-bond acceptors (Lipinski definition) is 3. The third-order valence-corrected chi connectivity index (χ3v) is 2.66. The fourth-order valence-electron chi connectivity index (χ4n) is 1.55. The van der Waals surface area contributed by atoms with Crippen LogP contribution < -0.4 is 5.56 Å². The second kappa shape index (κ2) is 5.19. The average molecular weight is 259 g/mol. The molecule has 0 saturated carbocycles. The first kappa shape index (κ1) is 14.2. The lowest BCUT2D eigenvalue weighted by Crippen LogP contribution is -2.29. The van der Waals surface area contributed by atoms with E-state index < -0.39 is 5.60 Å². The Balaban J connectivity index is 3.09. The Kier molecular flexibility index (Phi) is 4.33. The van der Waals surface area contributed by atoms with Crippen LogP contribution in [0.3, 0.4) is 0 Å². The van der Waals surface area contributed by atoms with Crippen LogP contribution in [0, 0.1) is 0 Å². The van der Waals surface area contributed by atoms with Crippen molar-refractivity contribution in [3.05, 3.63) is 27.4 Å². The van der Waals surface area contributed by atoms with Crippen molar-refractivity contribution in [2.24, 2.45) is 0 Å². The molecule has 0 saturated heterocycles. The molecule has 0 aliphatic carbocycles. The Hall–Kier alpha value is -0.870. The molecule has 1 aromatic rings. The normalized spacial score (nSPS) is 12.2. The molecule has 0 unspecified atom stereocenters. The average Bonchev–Trinajstić information content (AvgIpc) is 2.13. The van der Waals surface area contributed by atoms with Gasteiger partial charge in [-0.1, -0.05) is 25.4 Å². The van der Waals surface area contributed by atoms with Crippen LogP contribution in [0.2, 0.25) is 5.15 Å². The van der Waals surface area contributed by atoms with Crippen LogP contribution in [0.15, 0.2) is 10.9 Å². The molecule has 1 rings (SSSR count). The molecule has 1 N–H and O–H groups in total. The van der Waals surface area contributed by atoms with Crippen LogP contribution >= 0.6 is 11.6 Å². The lowest BCUT2D eigenvalue weighted by Gasteiger charge is -2.20. The zero-order valence-electron chi connectivity index (χ0n) is 10.7. The van der Waals surface area contributed by atoms with Crippen molar-refractivity contribution in [1.82, 2.24) is 9.55 Å². The topological polar surface area (TPSA) is 55.1 Å². The summed E-state index contributed by atoms with van der Waals surface area (Å²) in [7, 11) is 0. The summed E-state index contributed by atoms with van der Waals surface area (Å²) in [6, 6.07) is 1.30. The molecule has 0 aliphatic rings. The first-order valence-corrected chi connectivity index (χ1v) is 6.08. The van der Waals surface area contributed by atoms with Crippen LogP contribution in [0.4, 0.5) is 0 Å². The number of nitrogens with zero attached hydrogens (tertiary/aromatic N) is 2. The summed E-state index contributed by atoms with van der Waals surface area (Å²) in [5.41, 5.74) is -0.967. The number of rotatable bonds is 4. The summed E-state index contributed by atoms with van der Waals surface area (Å²) in [6.07, 6.45) is 0.496. The molecule has 0 aromatic carbocycles. The van der Waals surface area contributed by atoms with E-state index in [0.717, 1.165) is 0 Å². The number of hydrogen-bond donors (Lipinski definition) is 1. The van der Waals surface area contributed by atoms with E-state index in [1.54, 1.807) is 18.4 Å². The Morgan fingerprint density at radius 2 is 2.12 bits per heavy atom. The molecular weight excluding hydrogens is 240 g/mol. The molecule has 0 fully saturated rings. The van der Waals surface area contributed by atoms with Crippen molar-refractivity contribution in [2.75, 3.05) is 0 Å². The van der Waals surface area contributed by atoms with Crippen LogP contribution in [-0.2, 0) is 6.54 Å². The first-order chi connectivity index (χ1) is 7.70. The Morgan fingerprint density at radius 3 is 2.59 bits per heavy atom. The smallest absolute Gasteiger partial charge is 0.254 e. The monoisotopic (exact) mass is 258 g/mol. The summed E-state index contributed by atoms with van der Waals surface area (Å²) in [4.78, 5) is 16.0. The van der Waals surface area contributed by atoms with Gasteiger partial charge in [-0.05, 0) is 20.3 Å². The molecule has 0 bridgehead atoms. The van der Waals surface area contributed by atoms with Gasteiger partial charge < -0.3 is 5.11 Å². The van der Waals surface area contributed by atoms with Gasteiger partial charge in [0.1, 0.15) is 11.0 Å². The highest BCUT2D eigenvalue weighted by atomic mass is 35.5. The SMILES string of the molecule is CC(C)c1nc(Cl)cc(=O)n1CCC(C)(C)O. The van der Waals surface area contributed by atoms with E-state index in [2.05, 4.69) is 4.98 Å². The minimum Gasteiger partial charge on any atom is -0.390 e. The molecule has 17 heavy (non-hydrogen) atoms. The standard InChI is InChI=1S/C12H19ClN2O2/c1-8(2)11-14-9(13)7-10(16)15(11)6-5-12(3,4)17/h7-8,17H,5-6H2,1-4H3. The van der Waals surface area contributed by atoms with E-state index in [4.69, 9.17) is 11.6 Å². The van der Waals surface area contributed by atoms with Crippen molar-refractivity contribution in [3.8, 4) is 0 Å². The van der Waals surface area contributed by atoms with Gasteiger partial charge in [0.15, 0.2) is 0 Å². The summed E-state index contributed by atoms with van der Waals surface area (Å²) in [6.45, 7) is 7.80. The second-order valence-electron chi connectivity index (χ2n) is 5.14. The van der Waals surface area contributed by atoms with Crippen molar-refractivity contribution in [1.29, 1.82) is 0 Å². The van der Waals surface area contributed by atoms with E-state index in [1.807, 2.05) is 13.8 Å². The van der Waals surface area contributed by atoms with Gasteiger partial charge in [-0.2, -0.15) is 0 Å². The van der Waals surface area contributed by atoms with E-state index in [9.17, 15) is 9.90 Å². The molecule has 0 radical (unpaired) electrons. The molecule has 5 heteroatoms. The Bertz CT molecular complexity index is 447. The minimum absolute atomic E-state index is 0.114. The maximum atomic E-state index is 11.8. The predicted octanol–water partition coefficient (Wildman–Crippen LogP) is 2.18. The minimum atomic E-state index is -0.798. The van der Waals surface area contributed by atoms with Crippen molar-refractivity contribution < 1.29 is 5.11 Å². The third kappa shape index (κ3) is 4.13. The molecule has 1 heterocycles. The van der Waals surface area contributed by atoms with E-state index >= 15 is 0 Å². The zero-order chi connectivity index (χ0) is 13.2. The van der Waals surface area contributed by atoms with Gasteiger partial charge >= 0.3 is 0 Å². The zero-order valence-corrected chi connectivity index (χ0v) is 11.5. The summed E-state index contributed by atoms with van der Waals surface area (Å²) in [5.74, 6) is 0.773. The highest BCUT2D eigenvalue weighted by Crippen LogP contribution is 2.15. The molecule has 96 valence electrons. The Morgan fingerprint density at radius 1 is 1.53 bits per heavy atom. The number of halogens is 1. The Labute approximate surface area is 106 Å². The fourth-order valence-corrected chi connectivity index (χ4v) is 1.73. The molecule has 0 atom stereocenters. The maximum Gasteiger partial charge on any atom is 0.254 e. The predicted molar refractivity (Wildman–Crippen MR) is 68.5 cm³/mol. The highest BCUT2D eigenvalue weighted by molar-refractivity contribution is 6.29. The summed E-state index contributed by atoms with van der Waals surface area (Å²) >= 11 is 5.78. The van der Waals surface area contributed by atoms with E-state index in [0.29, 0.717) is 18.8 Å². The maximum absolute atomic E-state index is 11.8. The lowest BCUT2D eigenvalue weighted by molar-refractivity contribution is 0.0655. The van der Waals surface area contributed by atoms with Crippen LogP contribution in [-0.4, -0.2) is 20.3 Å². The number of aliphatic hydroxyl groups is 1. The first-order valence-electron chi connectivity index (χ1n) is 5.70. The largest absolute Gasteiger partial charge is 0.390 e. The van der Waals surface area contributed by atoms with Crippen LogP contribution in [0.1, 0.15) is 45.9 Å². The van der Waals surface area contributed by atoms with Gasteiger partial charge in [-0.25, -0.2) is 4.98 Å². The molecule has 1 aromatic heterocycles.